The Kier molecular flexibility index (Phi) is 7.10. The highest BCUT2D eigenvalue weighted by molar-refractivity contribution is 7.89. The quantitative estimate of drug-likeness (QED) is 0.525. The molecule has 3 rings (SSSR count). The number of nitro benzene ring substituents is 1. The zero-order valence-corrected chi connectivity index (χ0v) is 17.9. The number of rotatable bonds is 7. The first-order chi connectivity index (χ1) is 13.8. The zero-order valence-electron chi connectivity index (χ0n) is 17.0. The van der Waals surface area contributed by atoms with E-state index in [4.69, 9.17) is 4.74 Å². The van der Waals surface area contributed by atoms with E-state index in [0.717, 1.165) is 26.1 Å². The zero-order chi connectivity index (χ0) is 21.0. The highest BCUT2D eigenvalue weighted by Gasteiger charge is 2.33. The van der Waals surface area contributed by atoms with Crippen molar-refractivity contribution in [2.45, 2.75) is 25.2 Å². The van der Waals surface area contributed by atoms with Crippen LogP contribution in [0.25, 0.3) is 0 Å². The van der Waals surface area contributed by atoms with Gasteiger partial charge in [-0.05, 0) is 30.4 Å². The van der Waals surface area contributed by atoms with Crippen LogP contribution in [0.2, 0.25) is 0 Å². The molecule has 2 aliphatic rings. The van der Waals surface area contributed by atoms with Gasteiger partial charge in [-0.25, -0.2) is 8.42 Å². The van der Waals surface area contributed by atoms with Crippen LogP contribution in [0.4, 0.5) is 11.4 Å². The van der Waals surface area contributed by atoms with Gasteiger partial charge in [0.1, 0.15) is 5.69 Å². The number of piperidine rings is 1. The Bertz CT molecular complexity index is 816. The summed E-state index contributed by atoms with van der Waals surface area (Å²) in [6, 6.07) is 4.14. The van der Waals surface area contributed by atoms with Gasteiger partial charge in [-0.2, -0.15) is 4.31 Å². The number of nitrogens with one attached hydrogen (secondary N) is 1. The summed E-state index contributed by atoms with van der Waals surface area (Å²) in [6.45, 7) is 9.30. The summed E-state index contributed by atoms with van der Waals surface area (Å²) >= 11 is 0. The third kappa shape index (κ3) is 5.44. The molecule has 0 aromatic heterocycles. The number of anilines is 1. The molecule has 9 nitrogen and oxygen atoms in total. The van der Waals surface area contributed by atoms with E-state index in [1.807, 2.05) is 13.8 Å². The maximum atomic E-state index is 13.0. The van der Waals surface area contributed by atoms with Gasteiger partial charge in [-0.3, -0.25) is 15.0 Å². The average molecular weight is 427 g/mol. The largest absolute Gasteiger partial charge is 0.379 e. The summed E-state index contributed by atoms with van der Waals surface area (Å²) < 4.78 is 32.9. The van der Waals surface area contributed by atoms with Gasteiger partial charge in [0.25, 0.3) is 5.69 Å². The van der Waals surface area contributed by atoms with Gasteiger partial charge in [-0.1, -0.05) is 13.8 Å². The van der Waals surface area contributed by atoms with E-state index in [2.05, 4.69) is 10.2 Å². The van der Waals surface area contributed by atoms with Gasteiger partial charge < -0.3 is 10.1 Å². The van der Waals surface area contributed by atoms with Gasteiger partial charge in [0, 0.05) is 45.3 Å². The van der Waals surface area contributed by atoms with Crippen LogP contribution in [0.3, 0.4) is 0 Å². The number of nitro groups is 1. The van der Waals surface area contributed by atoms with Crippen LogP contribution in [0.15, 0.2) is 23.1 Å². The Balaban J connectivity index is 1.73. The summed E-state index contributed by atoms with van der Waals surface area (Å²) in [5.74, 6) is 0.536. The lowest BCUT2D eigenvalue weighted by Gasteiger charge is -2.34. The molecule has 2 aliphatic heterocycles. The van der Waals surface area contributed by atoms with Gasteiger partial charge in [0.15, 0.2) is 0 Å². The Morgan fingerprint density at radius 1 is 1.21 bits per heavy atom. The van der Waals surface area contributed by atoms with Crippen molar-refractivity contribution in [1.29, 1.82) is 0 Å². The molecule has 1 aromatic rings. The number of morpholine rings is 1. The van der Waals surface area contributed by atoms with Crippen molar-refractivity contribution >= 4 is 21.4 Å². The van der Waals surface area contributed by atoms with Crippen LogP contribution in [0.1, 0.15) is 20.3 Å². The minimum atomic E-state index is -3.76. The first-order valence-electron chi connectivity index (χ1n) is 10.1. The molecule has 1 aromatic carbocycles. The van der Waals surface area contributed by atoms with E-state index >= 15 is 0 Å². The minimum absolute atomic E-state index is 0.0239. The highest BCUT2D eigenvalue weighted by Crippen LogP contribution is 2.31. The lowest BCUT2D eigenvalue weighted by atomic mass is 9.94. The molecule has 0 saturated carbocycles. The summed E-state index contributed by atoms with van der Waals surface area (Å²) in [6.07, 6.45) is 0.984. The van der Waals surface area contributed by atoms with Crippen LogP contribution in [0.5, 0.6) is 0 Å². The Morgan fingerprint density at radius 3 is 2.48 bits per heavy atom. The SMILES string of the molecule is C[C@@H]1C[C@H](C)CN(S(=O)(=O)c2ccc(NCCN3CCOCC3)c([N+](=O)[O-])c2)C1. The molecule has 0 spiro atoms. The van der Waals surface area contributed by atoms with Crippen molar-refractivity contribution in [1.82, 2.24) is 9.21 Å². The predicted octanol–water partition coefficient (Wildman–Crippen LogP) is 2.01. The normalized spacial score (nSPS) is 24.3. The van der Waals surface area contributed by atoms with Gasteiger partial charge >= 0.3 is 0 Å². The van der Waals surface area contributed by atoms with Crippen molar-refractivity contribution in [2.24, 2.45) is 11.8 Å². The maximum Gasteiger partial charge on any atom is 0.293 e. The number of nitrogens with zero attached hydrogens (tertiary/aromatic N) is 3. The number of sulfonamides is 1. The summed E-state index contributed by atoms with van der Waals surface area (Å²) in [5, 5.41) is 14.7. The molecular weight excluding hydrogens is 396 g/mol. The van der Waals surface area contributed by atoms with Gasteiger partial charge in [0.05, 0.1) is 23.0 Å². The number of benzene rings is 1. The molecule has 29 heavy (non-hydrogen) atoms. The summed E-state index contributed by atoms with van der Waals surface area (Å²) in [5.41, 5.74) is 0.119. The highest BCUT2D eigenvalue weighted by atomic mass is 32.2. The molecule has 0 bridgehead atoms. The monoisotopic (exact) mass is 426 g/mol. The minimum Gasteiger partial charge on any atom is -0.379 e. The third-order valence-corrected chi connectivity index (χ3v) is 7.31. The fraction of sp³-hybridized carbons (Fsp3) is 0.684. The molecule has 0 amide bonds. The molecule has 2 saturated heterocycles. The van der Waals surface area contributed by atoms with Crippen molar-refractivity contribution in [3.8, 4) is 0 Å². The average Bonchev–Trinajstić information content (AvgIpc) is 2.68. The fourth-order valence-electron chi connectivity index (χ4n) is 4.10. The standard InChI is InChI=1S/C19H30N4O5S/c1-15-11-16(2)14-22(13-15)29(26,27)17-3-4-18(19(12-17)23(24)25)20-5-6-21-7-9-28-10-8-21/h3-4,12,15-16,20H,5-11,13-14H2,1-2H3/t15-,16+. The van der Waals surface area contributed by atoms with Crippen molar-refractivity contribution in [3.63, 3.8) is 0 Å². The van der Waals surface area contributed by atoms with E-state index < -0.39 is 14.9 Å². The Hall–Kier alpha value is -1.75. The topological polar surface area (TPSA) is 105 Å². The molecule has 2 fully saturated rings. The van der Waals surface area contributed by atoms with E-state index in [1.165, 1.54) is 22.5 Å². The van der Waals surface area contributed by atoms with Crippen LogP contribution in [0, 0.1) is 22.0 Å². The molecule has 1 N–H and O–H groups in total. The smallest absolute Gasteiger partial charge is 0.293 e. The molecular formula is C19H30N4O5S. The van der Waals surface area contributed by atoms with Gasteiger partial charge in [-0.15, -0.1) is 0 Å². The molecule has 0 unspecified atom stereocenters. The van der Waals surface area contributed by atoms with Crippen molar-refractivity contribution in [3.05, 3.63) is 28.3 Å². The summed E-state index contributed by atoms with van der Waals surface area (Å²) in [7, 11) is -3.76. The van der Waals surface area contributed by atoms with Crippen LogP contribution < -0.4 is 5.32 Å². The van der Waals surface area contributed by atoms with Gasteiger partial charge in [0.2, 0.25) is 10.0 Å². The van der Waals surface area contributed by atoms with Crippen LogP contribution in [-0.2, 0) is 14.8 Å². The fourth-order valence-corrected chi connectivity index (χ4v) is 5.80. The van der Waals surface area contributed by atoms with Crippen LogP contribution >= 0.6 is 0 Å². The van der Waals surface area contributed by atoms with E-state index in [9.17, 15) is 18.5 Å². The van der Waals surface area contributed by atoms with E-state index in [0.29, 0.717) is 38.5 Å². The number of ether oxygens (including phenoxy) is 1. The Morgan fingerprint density at radius 2 is 1.86 bits per heavy atom. The number of hydrogen-bond donors (Lipinski definition) is 1. The van der Waals surface area contributed by atoms with E-state index in [-0.39, 0.29) is 22.4 Å². The first kappa shape index (κ1) is 21.9. The molecule has 0 aliphatic carbocycles. The second kappa shape index (κ2) is 9.38. The maximum absolute atomic E-state index is 13.0. The van der Waals surface area contributed by atoms with Crippen LogP contribution in [-0.4, -0.2) is 75.0 Å². The number of hydrogen-bond acceptors (Lipinski definition) is 7. The third-order valence-electron chi connectivity index (χ3n) is 5.49. The molecule has 2 atom stereocenters. The van der Waals surface area contributed by atoms with E-state index in [1.54, 1.807) is 0 Å². The Labute approximate surface area is 172 Å². The predicted molar refractivity (Wildman–Crippen MR) is 111 cm³/mol. The first-order valence-corrected chi connectivity index (χ1v) is 11.5. The second-order valence-electron chi connectivity index (χ2n) is 8.08. The van der Waals surface area contributed by atoms with Crippen molar-refractivity contribution in [2.75, 3.05) is 57.8 Å². The lowest BCUT2D eigenvalue weighted by Crippen LogP contribution is -2.42. The molecule has 10 heteroatoms. The second-order valence-corrected chi connectivity index (χ2v) is 10.0. The molecule has 2 heterocycles. The summed E-state index contributed by atoms with van der Waals surface area (Å²) in [4.78, 5) is 13.2. The lowest BCUT2D eigenvalue weighted by molar-refractivity contribution is -0.384. The molecule has 162 valence electrons. The van der Waals surface area contributed by atoms with Crippen molar-refractivity contribution < 1.29 is 18.1 Å². The molecule has 0 radical (unpaired) electrons.